The summed E-state index contributed by atoms with van der Waals surface area (Å²) in [5.74, 6) is 1.08. The van der Waals surface area contributed by atoms with Gasteiger partial charge in [-0.1, -0.05) is 19.3 Å². The monoisotopic (exact) mass is 272 g/mol. The van der Waals surface area contributed by atoms with Crippen molar-refractivity contribution in [3.05, 3.63) is 24.1 Å². The molecule has 1 aromatic heterocycles. The third kappa shape index (κ3) is 2.76. The van der Waals surface area contributed by atoms with Gasteiger partial charge in [-0.25, -0.2) is 0 Å². The molecule has 5 heteroatoms. The Morgan fingerprint density at radius 1 is 1.20 bits per heavy atom. The van der Waals surface area contributed by atoms with Crippen LogP contribution < -0.4 is 11.1 Å². The summed E-state index contributed by atoms with van der Waals surface area (Å²) in [7, 11) is 0. The fraction of sp³-hybridized carbons (Fsp3) is 0.467. The molecule has 3 rings (SSSR count). The van der Waals surface area contributed by atoms with Crippen LogP contribution in [0, 0.1) is 6.92 Å². The van der Waals surface area contributed by atoms with Crippen LogP contribution in [0.25, 0.3) is 11.5 Å². The Kier molecular flexibility index (Phi) is 3.58. The summed E-state index contributed by atoms with van der Waals surface area (Å²) in [6, 6.07) is 6.31. The average molecular weight is 272 g/mol. The van der Waals surface area contributed by atoms with Crippen LogP contribution in [0.2, 0.25) is 0 Å². The lowest BCUT2D eigenvalue weighted by atomic mass is 9.95. The highest BCUT2D eigenvalue weighted by atomic mass is 16.4. The Bertz CT molecular complexity index is 587. The molecule has 5 nitrogen and oxygen atoms in total. The van der Waals surface area contributed by atoms with Crippen LogP contribution in [0.5, 0.6) is 0 Å². The molecule has 1 fully saturated rings. The van der Waals surface area contributed by atoms with E-state index in [4.69, 9.17) is 10.2 Å². The lowest BCUT2D eigenvalue weighted by Crippen LogP contribution is -2.22. The zero-order chi connectivity index (χ0) is 13.9. The fourth-order valence-electron chi connectivity index (χ4n) is 2.74. The predicted molar refractivity (Wildman–Crippen MR) is 79.4 cm³/mol. The number of aromatic nitrogens is 2. The van der Waals surface area contributed by atoms with E-state index in [1.165, 1.54) is 32.1 Å². The number of hydrogen-bond donors (Lipinski definition) is 2. The molecule has 0 saturated heterocycles. The van der Waals surface area contributed by atoms with Crippen LogP contribution in [-0.2, 0) is 0 Å². The third-order valence-electron chi connectivity index (χ3n) is 3.76. The van der Waals surface area contributed by atoms with Gasteiger partial charge in [-0.05, 0) is 31.0 Å². The minimum absolute atomic E-state index is 0.521. The summed E-state index contributed by atoms with van der Waals surface area (Å²) in [6.45, 7) is 1.79. The number of hydrogen-bond acceptors (Lipinski definition) is 5. The molecule has 0 aliphatic heterocycles. The van der Waals surface area contributed by atoms with Crippen LogP contribution in [-0.4, -0.2) is 16.2 Å². The van der Waals surface area contributed by atoms with Gasteiger partial charge in [-0.15, -0.1) is 10.2 Å². The number of nitrogen functional groups attached to an aromatic ring is 1. The number of aryl methyl sites for hydroxylation is 1. The minimum atomic E-state index is 0.521. The first kappa shape index (κ1) is 13.0. The molecule has 0 spiro atoms. The minimum Gasteiger partial charge on any atom is -0.421 e. The molecule has 20 heavy (non-hydrogen) atoms. The van der Waals surface area contributed by atoms with Gasteiger partial charge in [-0.3, -0.25) is 0 Å². The van der Waals surface area contributed by atoms with E-state index in [-0.39, 0.29) is 0 Å². The van der Waals surface area contributed by atoms with Crippen molar-refractivity contribution < 1.29 is 4.42 Å². The van der Waals surface area contributed by atoms with Gasteiger partial charge >= 0.3 is 0 Å². The summed E-state index contributed by atoms with van der Waals surface area (Å²) < 4.78 is 5.54. The maximum absolute atomic E-state index is 5.89. The van der Waals surface area contributed by atoms with Gasteiger partial charge < -0.3 is 15.5 Å². The second kappa shape index (κ2) is 5.53. The molecule has 0 unspecified atom stereocenters. The first-order chi connectivity index (χ1) is 9.72. The lowest BCUT2D eigenvalue weighted by Gasteiger charge is -2.24. The van der Waals surface area contributed by atoms with Crippen molar-refractivity contribution in [2.45, 2.75) is 45.1 Å². The summed E-state index contributed by atoms with van der Waals surface area (Å²) in [5, 5.41) is 11.6. The lowest BCUT2D eigenvalue weighted by molar-refractivity contribution is 0.462. The maximum atomic E-state index is 5.89. The van der Waals surface area contributed by atoms with Gasteiger partial charge in [0.2, 0.25) is 11.8 Å². The number of nitrogens with zero attached hydrogens (tertiary/aromatic N) is 2. The Morgan fingerprint density at radius 2 is 2.00 bits per heavy atom. The quantitative estimate of drug-likeness (QED) is 0.838. The topological polar surface area (TPSA) is 77.0 Å². The van der Waals surface area contributed by atoms with Gasteiger partial charge in [0.05, 0.1) is 5.56 Å². The molecule has 0 atom stereocenters. The molecular formula is C15H20N4O. The van der Waals surface area contributed by atoms with Crippen molar-refractivity contribution in [2.75, 3.05) is 11.1 Å². The number of anilines is 2. The Hall–Kier alpha value is -2.04. The molecule has 0 amide bonds. The van der Waals surface area contributed by atoms with Crippen LogP contribution in [0.3, 0.4) is 0 Å². The van der Waals surface area contributed by atoms with E-state index in [1.54, 1.807) is 6.92 Å². The molecule has 1 aromatic carbocycles. The fourth-order valence-corrected chi connectivity index (χ4v) is 2.74. The molecule has 1 heterocycles. The van der Waals surface area contributed by atoms with E-state index >= 15 is 0 Å². The molecule has 1 aliphatic rings. The molecule has 3 N–H and O–H groups in total. The van der Waals surface area contributed by atoms with Gasteiger partial charge in [0.1, 0.15) is 0 Å². The highest BCUT2D eigenvalue weighted by Gasteiger charge is 2.17. The Balaban J connectivity index is 1.89. The zero-order valence-electron chi connectivity index (χ0n) is 11.7. The third-order valence-corrected chi connectivity index (χ3v) is 3.76. The van der Waals surface area contributed by atoms with E-state index in [0.29, 0.717) is 23.5 Å². The predicted octanol–water partition coefficient (Wildman–Crippen LogP) is 3.37. The van der Waals surface area contributed by atoms with Gasteiger partial charge in [0, 0.05) is 24.3 Å². The van der Waals surface area contributed by atoms with Gasteiger partial charge in [0.25, 0.3) is 0 Å². The van der Waals surface area contributed by atoms with Crippen molar-refractivity contribution in [3.8, 4) is 11.5 Å². The van der Waals surface area contributed by atoms with Gasteiger partial charge in [-0.2, -0.15) is 0 Å². The number of benzene rings is 1. The number of nitrogens with one attached hydrogen (secondary N) is 1. The van der Waals surface area contributed by atoms with Crippen LogP contribution in [0.4, 0.5) is 11.4 Å². The summed E-state index contributed by atoms with van der Waals surface area (Å²) >= 11 is 0. The van der Waals surface area contributed by atoms with Crippen molar-refractivity contribution in [3.63, 3.8) is 0 Å². The zero-order valence-corrected chi connectivity index (χ0v) is 11.7. The number of rotatable bonds is 3. The van der Waals surface area contributed by atoms with Crippen molar-refractivity contribution in [2.24, 2.45) is 0 Å². The van der Waals surface area contributed by atoms with Gasteiger partial charge in [0.15, 0.2) is 0 Å². The van der Waals surface area contributed by atoms with E-state index in [9.17, 15) is 0 Å². The highest BCUT2D eigenvalue weighted by molar-refractivity contribution is 5.76. The van der Waals surface area contributed by atoms with E-state index in [2.05, 4.69) is 15.5 Å². The van der Waals surface area contributed by atoms with Crippen LogP contribution >= 0.6 is 0 Å². The normalized spacial score (nSPS) is 16.2. The van der Waals surface area contributed by atoms with Crippen LogP contribution in [0.1, 0.15) is 38.0 Å². The average Bonchev–Trinajstić information content (AvgIpc) is 2.88. The Morgan fingerprint density at radius 3 is 2.70 bits per heavy atom. The molecule has 1 aliphatic carbocycles. The summed E-state index contributed by atoms with van der Waals surface area (Å²) in [4.78, 5) is 0. The molecule has 2 aromatic rings. The molecule has 0 radical (unpaired) electrons. The first-order valence-electron chi connectivity index (χ1n) is 7.19. The van der Waals surface area contributed by atoms with Crippen LogP contribution in [0.15, 0.2) is 22.6 Å². The number of nitrogens with two attached hydrogens (primary N) is 1. The second-order valence-electron chi connectivity index (χ2n) is 5.41. The summed E-state index contributed by atoms with van der Waals surface area (Å²) in [6.07, 6.45) is 6.36. The second-order valence-corrected chi connectivity index (χ2v) is 5.41. The van der Waals surface area contributed by atoms with E-state index in [0.717, 1.165) is 11.3 Å². The SMILES string of the molecule is Cc1nnc(-c2cc(N)ccc2NC2CCCCC2)o1. The Labute approximate surface area is 118 Å². The largest absolute Gasteiger partial charge is 0.421 e. The summed E-state index contributed by atoms with van der Waals surface area (Å²) in [5.41, 5.74) is 8.49. The smallest absolute Gasteiger partial charge is 0.249 e. The van der Waals surface area contributed by atoms with Crippen molar-refractivity contribution in [1.82, 2.24) is 10.2 Å². The molecule has 0 bridgehead atoms. The van der Waals surface area contributed by atoms with E-state index in [1.807, 2.05) is 18.2 Å². The van der Waals surface area contributed by atoms with E-state index < -0.39 is 0 Å². The molecule has 1 saturated carbocycles. The van der Waals surface area contributed by atoms with Crippen molar-refractivity contribution >= 4 is 11.4 Å². The molecular weight excluding hydrogens is 252 g/mol. The van der Waals surface area contributed by atoms with Crippen molar-refractivity contribution in [1.29, 1.82) is 0 Å². The maximum Gasteiger partial charge on any atom is 0.249 e. The first-order valence-corrected chi connectivity index (χ1v) is 7.19. The molecule has 106 valence electrons. The highest BCUT2D eigenvalue weighted by Crippen LogP contribution is 2.31. The standard InChI is InChI=1S/C15H20N4O/c1-10-18-19-15(20-10)13-9-11(16)7-8-14(13)17-12-5-3-2-4-6-12/h7-9,12,17H,2-6,16H2,1H3.